The van der Waals surface area contributed by atoms with E-state index in [4.69, 9.17) is 4.74 Å². The number of nitrogens with zero attached hydrogens (tertiary/aromatic N) is 1. The van der Waals surface area contributed by atoms with Crippen LogP contribution >= 0.6 is 11.8 Å². The van der Waals surface area contributed by atoms with E-state index in [1.54, 1.807) is 25.3 Å². The van der Waals surface area contributed by atoms with Gasteiger partial charge in [0.25, 0.3) is 0 Å². The molecule has 1 heterocycles. The van der Waals surface area contributed by atoms with Crippen molar-refractivity contribution in [2.45, 2.75) is 23.0 Å². The molecule has 0 aromatic heterocycles. The first-order chi connectivity index (χ1) is 10.5. The average Bonchev–Trinajstić information content (AvgIpc) is 2.75. The molecule has 118 valence electrons. The first-order valence-corrected chi connectivity index (χ1v) is 7.72. The molecule has 6 nitrogen and oxygen atoms in total. The molecule has 1 aromatic rings. The van der Waals surface area contributed by atoms with Crippen molar-refractivity contribution < 1.29 is 24.2 Å². The van der Waals surface area contributed by atoms with E-state index in [0.717, 1.165) is 11.8 Å². The molecule has 7 heteroatoms. The lowest BCUT2D eigenvalue weighted by Gasteiger charge is -2.15. The Bertz CT molecular complexity index is 589. The number of imide groups is 1. The second kappa shape index (κ2) is 7.42. The quantitative estimate of drug-likeness (QED) is 0.530. The Labute approximate surface area is 132 Å². The van der Waals surface area contributed by atoms with Gasteiger partial charge in [-0.2, -0.15) is 0 Å². The van der Waals surface area contributed by atoms with Gasteiger partial charge in [-0.15, -0.1) is 11.8 Å². The second-order valence-corrected chi connectivity index (χ2v) is 6.07. The van der Waals surface area contributed by atoms with Crippen LogP contribution in [-0.2, 0) is 14.3 Å². The summed E-state index contributed by atoms with van der Waals surface area (Å²) in [5.41, 5.74) is 0.0329. The Morgan fingerprint density at radius 1 is 1.41 bits per heavy atom. The molecular weight excluding hydrogens is 306 g/mol. The molecule has 1 aliphatic rings. The van der Waals surface area contributed by atoms with E-state index in [2.05, 4.69) is 0 Å². The van der Waals surface area contributed by atoms with Gasteiger partial charge in [0.2, 0.25) is 11.8 Å². The number of carboxylic acid groups (broad SMARTS) is 1. The van der Waals surface area contributed by atoms with Crippen molar-refractivity contribution in [2.75, 3.05) is 20.3 Å². The zero-order valence-corrected chi connectivity index (χ0v) is 12.9. The monoisotopic (exact) mass is 322 g/mol. The van der Waals surface area contributed by atoms with E-state index in [1.165, 1.54) is 11.0 Å². The summed E-state index contributed by atoms with van der Waals surface area (Å²) in [5, 5.41) is 10.5. The largest absolute Gasteiger partial charge is 0.545 e. The molecule has 0 spiro atoms. The van der Waals surface area contributed by atoms with Crippen molar-refractivity contribution in [1.82, 2.24) is 4.90 Å². The molecule has 1 atom stereocenters. The van der Waals surface area contributed by atoms with Crippen LogP contribution in [0.2, 0.25) is 0 Å². The van der Waals surface area contributed by atoms with Gasteiger partial charge in [0.1, 0.15) is 0 Å². The number of thioether (sulfide) groups is 1. The minimum atomic E-state index is -1.29. The zero-order valence-electron chi connectivity index (χ0n) is 12.1. The molecular formula is C15H16NO5S-. The van der Waals surface area contributed by atoms with Crippen molar-refractivity contribution in [2.24, 2.45) is 0 Å². The van der Waals surface area contributed by atoms with Crippen molar-refractivity contribution >= 4 is 29.5 Å². The molecule has 1 aliphatic heterocycles. The normalized spacial score (nSPS) is 18.0. The number of likely N-dealkylation sites (tertiary alicyclic amines) is 1. The lowest BCUT2D eigenvalue weighted by Crippen LogP contribution is -2.32. The second-order valence-electron chi connectivity index (χ2n) is 4.82. The van der Waals surface area contributed by atoms with E-state index in [-0.39, 0.29) is 23.8 Å². The number of amides is 2. The molecule has 1 saturated heterocycles. The van der Waals surface area contributed by atoms with Gasteiger partial charge in [-0.1, -0.05) is 18.2 Å². The molecule has 22 heavy (non-hydrogen) atoms. The van der Waals surface area contributed by atoms with Crippen LogP contribution in [0.25, 0.3) is 0 Å². The maximum Gasteiger partial charge on any atom is 0.243 e. The summed E-state index contributed by atoms with van der Waals surface area (Å²) in [6.07, 6.45) is 0.666. The standard InChI is InChI=1S/C15H17NO5S/c1-21-8-4-7-16-13(17)9-12(14(16)18)22-11-6-3-2-5-10(11)15(19)20/h2-3,5-6,12H,4,7-9H2,1H3,(H,19,20)/p-1/t12-/m0/s1. The van der Waals surface area contributed by atoms with Crippen molar-refractivity contribution in [3.8, 4) is 0 Å². The highest BCUT2D eigenvalue weighted by Gasteiger charge is 2.38. The molecule has 2 rings (SSSR count). The van der Waals surface area contributed by atoms with Crippen LogP contribution in [0.3, 0.4) is 0 Å². The van der Waals surface area contributed by atoms with E-state index in [9.17, 15) is 19.5 Å². The van der Waals surface area contributed by atoms with Gasteiger partial charge in [0.15, 0.2) is 0 Å². The van der Waals surface area contributed by atoms with E-state index in [0.29, 0.717) is 24.5 Å². The molecule has 1 fully saturated rings. The molecule has 0 radical (unpaired) electrons. The van der Waals surface area contributed by atoms with E-state index >= 15 is 0 Å². The molecule has 2 amide bonds. The maximum atomic E-state index is 12.3. The zero-order chi connectivity index (χ0) is 16.1. The summed E-state index contributed by atoms with van der Waals surface area (Å²) < 4.78 is 4.91. The van der Waals surface area contributed by atoms with Crippen LogP contribution in [0.4, 0.5) is 0 Å². The Balaban J connectivity index is 2.07. The summed E-state index contributed by atoms with van der Waals surface area (Å²) in [5.74, 6) is -1.80. The highest BCUT2D eigenvalue weighted by atomic mass is 32.2. The van der Waals surface area contributed by atoms with Crippen LogP contribution < -0.4 is 5.11 Å². The Morgan fingerprint density at radius 3 is 2.82 bits per heavy atom. The topological polar surface area (TPSA) is 86.7 Å². The Hall–Kier alpha value is -1.86. The van der Waals surface area contributed by atoms with Crippen molar-refractivity contribution in [3.63, 3.8) is 0 Å². The summed E-state index contributed by atoms with van der Waals surface area (Å²) in [4.78, 5) is 36.9. The number of benzene rings is 1. The molecule has 0 N–H and O–H groups in total. The molecule has 0 saturated carbocycles. The highest BCUT2D eigenvalue weighted by Crippen LogP contribution is 2.33. The Kier molecular flexibility index (Phi) is 5.57. The van der Waals surface area contributed by atoms with E-state index in [1.807, 2.05) is 0 Å². The number of carboxylic acids is 1. The van der Waals surface area contributed by atoms with Gasteiger partial charge in [-0.05, 0) is 12.5 Å². The third-order valence-corrected chi connectivity index (χ3v) is 4.57. The van der Waals surface area contributed by atoms with Crippen LogP contribution in [0.1, 0.15) is 23.2 Å². The number of carbonyl (C=O) groups is 3. The predicted octanol–water partition coefficient (Wildman–Crippen LogP) is 0.306. The minimum Gasteiger partial charge on any atom is -0.545 e. The minimum absolute atomic E-state index is 0.0329. The summed E-state index contributed by atoms with van der Waals surface area (Å²) >= 11 is 1.10. The predicted molar refractivity (Wildman–Crippen MR) is 78.2 cm³/mol. The molecule has 1 aromatic carbocycles. The molecule has 0 aliphatic carbocycles. The number of hydrogen-bond donors (Lipinski definition) is 0. The average molecular weight is 322 g/mol. The fraction of sp³-hybridized carbons (Fsp3) is 0.400. The van der Waals surface area contributed by atoms with Crippen LogP contribution in [-0.4, -0.2) is 48.2 Å². The van der Waals surface area contributed by atoms with Crippen LogP contribution in [0.5, 0.6) is 0 Å². The lowest BCUT2D eigenvalue weighted by atomic mass is 10.2. The maximum absolute atomic E-state index is 12.3. The highest BCUT2D eigenvalue weighted by molar-refractivity contribution is 8.00. The SMILES string of the molecule is COCCCN1C(=O)C[C@H](Sc2ccccc2C(=O)[O-])C1=O. The number of aromatic carboxylic acids is 1. The van der Waals surface area contributed by atoms with Gasteiger partial charge >= 0.3 is 0 Å². The summed E-state index contributed by atoms with van der Waals surface area (Å²) in [7, 11) is 1.56. The third-order valence-electron chi connectivity index (χ3n) is 3.31. The number of carbonyl (C=O) groups excluding carboxylic acids is 3. The smallest absolute Gasteiger partial charge is 0.243 e. The third kappa shape index (κ3) is 3.66. The van der Waals surface area contributed by atoms with Crippen molar-refractivity contribution in [3.05, 3.63) is 29.8 Å². The number of rotatable bonds is 7. The van der Waals surface area contributed by atoms with Gasteiger partial charge in [-0.25, -0.2) is 0 Å². The van der Waals surface area contributed by atoms with Gasteiger partial charge in [-0.3, -0.25) is 14.5 Å². The first-order valence-electron chi connectivity index (χ1n) is 6.84. The van der Waals surface area contributed by atoms with Gasteiger partial charge in [0, 0.05) is 37.1 Å². The number of hydrogen-bond acceptors (Lipinski definition) is 6. The fourth-order valence-electron chi connectivity index (χ4n) is 2.24. The first kappa shape index (κ1) is 16.5. The number of ether oxygens (including phenoxy) is 1. The van der Waals surface area contributed by atoms with Crippen LogP contribution in [0.15, 0.2) is 29.2 Å². The Morgan fingerprint density at radius 2 is 2.14 bits per heavy atom. The number of methoxy groups -OCH3 is 1. The van der Waals surface area contributed by atoms with Gasteiger partial charge in [0.05, 0.1) is 11.2 Å². The van der Waals surface area contributed by atoms with E-state index < -0.39 is 11.2 Å². The van der Waals surface area contributed by atoms with Gasteiger partial charge < -0.3 is 14.6 Å². The molecule has 0 unspecified atom stereocenters. The van der Waals surface area contributed by atoms with Crippen LogP contribution in [0, 0.1) is 0 Å². The lowest BCUT2D eigenvalue weighted by molar-refractivity contribution is -0.255. The van der Waals surface area contributed by atoms with Crippen molar-refractivity contribution in [1.29, 1.82) is 0 Å². The fourth-order valence-corrected chi connectivity index (χ4v) is 3.43. The molecule has 0 bridgehead atoms. The summed E-state index contributed by atoms with van der Waals surface area (Å²) in [6.45, 7) is 0.799. The summed E-state index contributed by atoms with van der Waals surface area (Å²) in [6, 6.07) is 6.32.